The molecule has 0 aliphatic heterocycles. The molecule has 1 heterocycles. The maximum Gasteiger partial charge on any atom is 0.317 e. The highest BCUT2D eigenvalue weighted by Crippen LogP contribution is 2.00. The van der Waals surface area contributed by atoms with Crippen LogP contribution in [-0.4, -0.2) is 29.0 Å². The third kappa shape index (κ3) is 3.88. The second kappa shape index (κ2) is 6.82. The average Bonchev–Trinajstić information content (AvgIpc) is 2.34. The van der Waals surface area contributed by atoms with Crippen molar-refractivity contribution in [3.8, 4) is 0 Å². The van der Waals surface area contributed by atoms with Crippen molar-refractivity contribution in [2.24, 2.45) is 0 Å². The highest BCUT2D eigenvalue weighted by atomic mass is 16.2. The van der Waals surface area contributed by atoms with Gasteiger partial charge in [0, 0.05) is 19.3 Å². The normalized spacial score (nSPS) is 9.88. The van der Waals surface area contributed by atoms with E-state index in [1.54, 1.807) is 11.1 Å². The molecule has 0 aliphatic carbocycles. The van der Waals surface area contributed by atoms with E-state index in [0.717, 1.165) is 18.7 Å². The van der Waals surface area contributed by atoms with Crippen LogP contribution in [0.15, 0.2) is 24.4 Å². The van der Waals surface area contributed by atoms with Gasteiger partial charge in [0.05, 0.1) is 12.2 Å². The first-order chi connectivity index (χ1) is 7.77. The lowest BCUT2D eigenvalue weighted by atomic mass is 10.3. The zero-order valence-corrected chi connectivity index (χ0v) is 9.94. The van der Waals surface area contributed by atoms with Crippen LogP contribution in [0, 0.1) is 0 Å². The molecule has 4 nitrogen and oxygen atoms in total. The summed E-state index contributed by atoms with van der Waals surface area (Å²) in [6.07, 6.45) is 2.69. The summed E-state index contributed by atoms with van der Waals surface area (Å²) in [5.41, 5.74) is 0.913. The first-order valence-electron chi connectivity index (χ1n) is 5.70. The van der Waals surface area contributed by atoms with E-state index in [2.05, 4.69) is 10.3 Å². The van der Waals surface area contributed by atoms with Gasteiger partial charge in [-0.2, -0.15) is 0 Å². The van der Waals surface area contributed by atoms with Crippen molar-refractivity contribution < 1.29 is 4.79 Å². The highest BCUT2D eigenvalue weighted by molar-refractivity contribution is 5.74. The predicted octanol–water partition coefficient (Wildman–Crippen LogP) is 2.02. The molecule has 1 aromatic rings. The lowest BCUT2D eigenvalue weighted by Gasteiger charge is -2.20. The van der Waals surface area contributed by atoms with E-state index < -0.39 is 0 Å². The molecule has 0 saturated heterocycles. The van der Waals surface area contributed by atoms with Crippen LogP contribution in [0.3, 0.4) is 0 Å². The van der Waals surface area contributed by atoms with E-state index in [1.807, 2.05) is 32.0 Å². The number of hydrogen-bond acceptors (Lipinski definition) is 2. The van der Waals surface area contributed by atoms with E-state index in [-0.39, 0.29) is 6.03 Å². The van der Waals surface area contributed by atoms with E-state index >= 15 is 0 Å². The topological polar surface area (TPSA) is 45.2 Å². The molecule has 16 heavy (non-hydrogen) atoms. The molecule has 0 radical (unpaired) electrons. The Balaban J connectivity index is 2.52. The smallest absolute Gasteiger partial charge is 0.317 e. The molecule has 0 aromatic carbocycles. The van der Waals surface area contributed by atoms with Gasteiger partial charge in [-0.05, 0) is 25.5 Å². The lowest BCUT2D eigenvalue weighted by molar-refractivity contribution is 0.197. The Morgan fingerprint density at radius 3 is 2.81 bits per heavy atom. The van der Waals surface area contributed by atoms with Crippen molar-refractivity contribution in [1.82, 2.24) is 15.2 Å². The molecule has 4 heteroatoms. The molecule has 1 aromatic heterocycles. The Morgan fingerprint density at radius 1 is 1.44 bits per heavy atom. The number of amides is 2. The van der Waals surface area contributed by atoms with Gasteiger partial charge in [-0.1, -0.05) is 13.0 Å². The Hall–Kier alpha value is -1.58. The Bertz CT molecular complexity index is 313. The van der Waals surface area contributed by atoms with Crippen LogP contribution in [-0.2, 0) is 6.54 Å². The Morgan fingerprint density at radius 2 is 2.25 bits per heavy atom. The number of hydrogen-bond donors (Lipinski definition) is 1. The molecular weight excluding hydrogens is 202 g/mol. The molecule has 0 aliphatic rings. The Labute approximate surface area is 96.7 Å². The SMILES string of the molecule is CCCNC(=O)N(CC)Cc1ccccn1. The van der Waals surface area contributed by atoms with Gasteiger partial charge in [-0.15, -0.1) is 0 Å². The minimum Gasteiger partial charge on any atom is -0.338 e. The fraction of sp³-hybridized carbons (Fsp3) is 0.500. The van der Waals surface area contributed by atoms with Gasteiger partial charge < -0.3 is 10.2 Å². The van der Waals surface area contributed by atoms with Crippen LogP contribution < -0.4 is 5.32 Å². The van der Waals surface area contributed by atoms with Gasteiger partial charge in [0.25, 0.3) is 0 Å². The summed E-state index contributed by atoms with van der Waals surface area (Å²) in [6, 6.07) is 5.71. The number of pyridine rings is 1. The maximum absolute atomic E-state index is 11.7. The maximum atomic E-state index is 11.7. The molecule has 2 amide bonds. The number of carbonyl (C=O) groups is 1. The zero-order valence-electron chi connectivity index (χ0n) is 9.94. The van der Waals surface area contributed by atoms with Crippen LogP contribution >= 0.6 is 0 Å². The van der Waals surface area contributed by atoms with Crippen molar-refractivity contribution in [2.45, 2.75) is 26.8 Å². The van der Waals surface area contributed by atoms with Crippen molar-refractivity contribution in [2.75, 3.05) is 13.1 Å². The molecule has 0 unspecified atom stereocenters. The lowest BCUT2D eigenvalue weighted by Crippen LogP contribution is -2.39. The quantitative estimate of drug-likeness (QED) is 0.826. The van der Waals surface area contributed by atoms with Crippen molar-refractivity contribution in [3.63, 3.8) is 0 Å². The third-order valence-corrected chi connectivity index (χ3v) is 2.27. The summed E-state index contributed by atoms with van der Waals surface area (Å²) in [6.45, 7) is 5.97. The second-order valence-corrected chi connectivity index (χ2v) is 3.57. The summed E-state index contributed by atoms with van der Waals surface area (Å²) >= 11 is 0. The summed E-state index contributed by atoms with van der Waals surface area (Å²) in [7, 11) is 0. The third-order valence-electron chi connectivity index (χ3n) is 2.27. The average molecular weight is 221 g/mol. The molecule has 0 saturated carbocycles. The van der Waals surface area contributed by atoms with Crippen LogP contribution in [0.1, 0.15) is 26.0 Å². The minimum absolute atomic E-state index is 0.0185. The molecule has 1 rings (SSSR count). The number of rotatable bonds is 5. The first-order valence-corrected chi connectivity index (χ1v) is 5.70. The van der Waals surface area contributed by atoms with Crippen molar-refractivity contribution in [3.05, 3.63) is 30.1 Å². The fourth-order valence-corrected chi connectivity index (χ4v) is 1.36. The molecule has 0 spiro atoms. The van der Waals surface area contributed by atoms with E-state index in [1.165, 1.54) is 0 Å². The molecular formula is C12H19N3O. The van der Waals surface area contributed by atoms with Crippen molar-refractivity contribution in [1.29, 1.82) is 0 Å². The van der Waals surface area contributed by atoms with E-state index in [4.69, 9.17) is 0 Å². The predicted molar refractivity (Wildman–Crippen MR) is 64.0 cm³/mol. The van der Waals surface area contributed by atoms with Gasteiger partial charge >= 0.3 is 6.03 Å². The summed E-state index contributed by atoms with van der Waals surface area (Å²) in [4.78, 5) is 17.7. The van der Waals surface area contributed by atoms with Gasteiger partial charge in [-0.3, -0.25) is 4.98 Å². The van der Waals surface area contributed by atoms with Gasteiger partial charge in [0.2, 0.25) is 0 Å². The molecule has 0 atom stereocenters. The molecule has 1 N–H and O–H groups in total. The Kier molecular flexibility index (Phi) is 5.32. The monoisotopic (exact) mass is 221 g/mol. The highest BCUT2D eigenvalue weighted by Gasteiger charge is 2.10. The van der Waals surface area contributed by atoms with Gasteiger partial charge in [0.15, 0.2) is 0 Å². The summed E-state index contributed by atoms with van der Waals surface area (Å²) in [5.74, 6) is 0. The first kappa shape index (κ1) is 12.5. The molecule has 0 fully saturated rings. The molecule has 88 valence electrons. The minimum atomic E-state index is -0.0185. The second-order valence-electron chi connectivity index (χ2n) is 3.57. The van der Waals surface area contributed by atoms with Crippen LogP contribution in [0.2, 0.25) is 0 Å². The van der Waals surface area contributed by atoms with Gasteiger partial charge in [0.1, 0.15) is 0 Å². The number of aromatic nitrogens is 1. The largest absolute Gasteiger partial charge is 0.338 e. The number of urea groups is 1. The fourth-order valence-electron chi connectivity index (χ4n) is 1.36. The van der Waals surface area contributed by atoms with Crippen molar-refractivity contribution >= 4 is 6.03 Å². The summed E-state index contributed by atoms with van der Waals surface area (Å²) in [5, 5.41) is 2.86. The van der Waals surface area contributed by atoms with Crippen LogP contribution in [0.25, 0.3) is 0 Å². The van der Waals surface area contributed by atoms with E-state index in [9.17, 15) is 4.79 Å². The van der Waals surface area contributed by atoms with Crippen LogP contribution in [0.4, 0.5) is 4.79 Å². The summed E-state index contributed by atoms with van der Waals surface area (Å²) < 4.78 is 0. The van der Waals surface area contributed by atoms with Gasteiger partial charge in [-0.25, -0.2) is 4.79 Å². The number of nitrogens with zero attached hydrogens (tertiary/aromatic N) is 2. The zero-order chi connectivity index (χ0) is 11.8. The molecule has 0 bridgehead atoms. The standard InChI is InChI=1S/C12H19N3O/c1-3-8-14-12(16)15(4-2)10-11-7-5-6-9-13-11/h5-7,9H,3-4,8,10H2,1-2H3,(H,14,16). The number of carbonyl (C=O) groups excluding carboxylic acids is 1. The van der Waals surface area contributed by atoms with Crippen LogP contribution in [0.5, 0.6) is 0 Å². The van der Waals surface area contributed by atoms with E-state index in [0.29, 0.717) is 13.1 Å². The number of nitrogens with one attached hydrogen (secondary N) is 1.